The van der Waals surface area contributed by atoms with Crippen molar-refractivity contribution in [3.05, 3.63) is 29.6 Å². The van der Waals surface area contributed by atoms with Crippen molar-refractivity contribution in [1.82, 2.24) is 10.2 Å². The van der Waals surface area contributed by atoms with Gasteiger partial charge >= 0.3 is 6.09 Å². The van der Waals surface area contributed by atoms with Gasteiger partial charge in [0.15, 0.2) is 0 Å². The number of nitrogens with zero attached hydrogens (tertiary/aromatic N) is 1. The molecule has 2 heterocycles. The Morgan fingerprint density at radius 3 is 2.77 bits per heavy atom. The summed E-state index contributed by atoms with van der Waals surface area (Å²) in [7, 11) is 0. The van der Waals surface area contributed by atoms with Crippen LogP contribution in [0.1, 0.15) is 43.6 Å². The fourth-order valence-electron chi connectivity index (χ4n) is 5.08. The third-order valence-electron chi connectivity index (χ3n) is 6.64. The molecule has 3 N–H and O–H groups in total. The molecule has 9 heteroatoms. The van der Waals surface area contributed by atoms with Gasteiger partial charge in [-0.05, 0) is 50.2 Å². The first-order valence-corrected chi connectivity index (χ1v) is 10.4. The second-order valence-electron chi connectivity index (χ2n) is 8.42. The van der Waals surface area contributed by atoms with Gasteiger partial charge in [-0.3, -0.25) is 4.79 Å². The number of ether oxygens (including phenoxy) is 2. The molecule has 2 amide bonds. The molecule has 3 aliphatic rings. The normalized spacial score (nSPS) is 31.7. The van der Waals surface area contributed by atoms with Crippen LogP contribution in [0.5, 0.6) is 5.75 Å². The molecule has 4 rings (SSSR count). The monoisotopic (exact) mass is 422 g/mol. The number of hydrogen-bond acceptors (Lipinski definition) is 5. The van der Waals surface area contributed by atoms with Crippen molar-refractivity contribution in [3.63, 3.8) is 0 Å². The SMILES string of the molecule is O=C1COCC2(CCN(C(=O)O)C2COC2CCC(c3c(O)cccc3F)CC2)N1. The third-order valence-corrected chi connectivity index (χ3v) is 6.64. The van der Waals surface area contributed by atoms with Gasteiger partial charge in [-0.15, -0.1) is 0 Å². The largest absolute Gasteiger partial charge is 0.508 e. The Bertz CT molecular complexity index is 792. The Hall–Kier alpha value is -2.39. The highest BCUT2D eigenvalue weighted by Gasteiger charge is 2.52. The van der Waals surface area contributed by atoms with Crippen molar-refractivity contribution >= 4 is 12.0 Å². The molecule has 8 nitrogen and oxygen atoms in total. The van der Waals surface area contributed by atoms with Crippen LogP contribution < -0.4 is 5.32 Å². The van der Waals surface area contributed by atoms with E-state index in [1.54, 1.807) is 0 Å². The first kappa shape index (κ1) is 20.9. The molecule has 164 valence electrons. The lowest BCUT2D eigenvalue weighted by atomic mass is 9.82. The molecule has 2 aliphatic heterocycles. The van der Waals surface area contributed by atoms with Crippen LogP contribution in [-0.4, -0.2) is 71.2 Å². The summed E-state index contributed by atoms with van der Waals surface area (Å²) in [6.07, 6.45) is 2.10. The molecule has 2 saturated heterocycles. The number of amides is 2. The second-order valence-corrected chi connectivity index (χ2v) is 8.42. The van der Waals surface area contributed by atoms with E-state index in [-0.39, 0.29) is 43.5 Å². The number of phenolic OH excluding ortho intramolecular Hbond substituents is 1. The van der Waals surface area contributed by atoms with Crippen LogP contribution >= 0.6 is 0 Å². The number of hydrogen-bond donors (Lipinski definition) is 3. The highest BCUT2D eigenvalue weighted by molar-refractivity contribution is 5.79. The number of phenols is 1. The minimum atomic E-state index is -1.04. The average Bonchev–Trinajstić information content (AvgIpc) is 3.04. The number of halogens is 1. The van der Waals surface area contributed by atoms with Crippen LogP contribution in [0.25, 0.3) is 0 Å². The third kappa shape index (κ3) is 3.96. The highest BCUT2D eigenvalue weighted by atomic mass is 19.1. The fourth-order valence-corrected chi connectivity index (χ4v) is 5.08. The Morgan fingerprint density at radius 1 is 1.33 bits per heavy atom. The van der Waals surface area contributed by atoms with Crippen molar-refractivity contribution < 1.29 is 33.7 Å². The lowest BCUT2D eigenvalue weighted by Gasteiger charge is -2.41. The lowest BCUT2D eigenvalue weighted by Crippen LogP contribution is -2.65. The van der Waals surface area contributed by atoms with E-state index in [0.717, 1.165) is 0 Å². The standard InChI is InChI=1S/C21H27FN2O6/c22-15-2-1-3-16(25)19(15)13-4-6-14(7-5-13)30-10-17-21(8-9-24(17)20(27)28)12-29-11-18(26)23-21/h1-3,13-14,17,25H,4-12H2,(H,23,26)(H,27,28). The van der Waals surface area contributed by atoms with Gasteiger partial charge in [0.1, 0.15) is 18.2 Å². The second kappa shape index (κ2) is 8.39. The molecular formula is C21H27FN2O6. The maximum atomic E-state index is 14.1. The molecule has 1 spiro atoms. The Balaban J connectivity index is 1.38. The van der Waals surface area contributed by atoms with E-state index < -0.39 is 23.5 Å². The number of nitrogens with one attached hydrogen (secondary N) is 1. The molecule has 1 saturated carbocycles. The summed E-state index contributed by atoms with van der Waals surface area (Å²) in [5, 5.41) is 22.5. The van der Waals surface area contributed by atoms with E-state index in [4.69, 9.17) is 9.47 Å². The van der Waals surface area contributed by atoms with Gasteiger partial charge in [0.2, 0.25) is 5.91 Å². The zero-order chi connectivity index (χ0) is 21.3. The summed E-state index contributed by atoms with van der Waals surface area (Å²) in [6, 6.07) is 3.83. The Labute approximate surface area is 174 Å². The van der Waals surface area contributed by atoms with Crippen molar-refractivity contribution in [1.29, 1.82) is 0 Å². The van der Waals surface area contributed by atoms with Crippen LogP contribution in [0.3, 0.4) is 0 Å². The van der Waals surface area contributed by atoms with Crippen LogP contribution in [0.15, 0.2) is 18.2 Å². The zero-order valence-electron chi connectivity index (χ0n) is 16.7. The smallest absolute Gasteiger partial charge is 0.407 e. The van der Waals surface area contributed by atoms with Gasteiger partial charge in [0.25, 0.3) is 0 Å². The number of benzene rings is 1. The van der Waals surface area contributed by atoms with Gasteiger partial charge in [-0.1, -0.05) is 6.07 Å². The van der Waals surface area contributed by atoms with Crippen LogP contribution in [0, 0.1) is 5.82 Å². The highest BCUT2D eigenvalue weighted by Crippen LogP contribution is 2.40. The maximum Gasteiger partial charge on any atom is 0.407 e. The Kier molecular flexibility index (Phi) is 5.84. The van der Waals surface area contributed by atoms with Gasteiger partial charge < -0.3 is 29.9 Å². The number of rotatable bonds is 4. The summed E-state index contributed by atoms with van der Waals surface area (Å²) in [4.78, 5) is 24.9. The van der Waals surface area contributed by atoms with Gasteiger partial charge in [-0.2, -0.15) is 0 Å². The maximum absolute atomic E-state index is 14.1. The number of morpholine rings is 1. The van der Waals surface area contributed by atoms with Gasteiger partial charge in [0, 0.05) is 12.1 Å². The fraction of sp³-hybridized carbons (Fsp3) is 0.619. The quantitative estimate of drug-likeness (QED) is 0.687. The van der Waals surface area contributed by atoms with Gasteiger partial charge in [-0.25, -0.2) is 9.18 Å². The summed E-state index contributed by atoms with van der Waals surface area (Å²) < 4.78 is 25.6. The number of carbonyl (C=O) groups is 2. The predicted molar refractivity (Wildman–Crippen MR) is 104 cm³/mol. The van der Waals surface area contributed by atoms with Crippen molar-refractivity contribution in [2.45, 2.75) is 55.7 Å². The molecule has 0 bridgehead atoms. The van der Waals surface area contributed by atoms with E-state index in [9.17, 15) is 24.2 Å². The molecular weight excluding hydrogens is 395 g/mol. The molecule has 0 radical (unpaired) electrons. The molecule has 3 fully saturated rings. The minimum absolute atomic E-state index is 0.0163. The predicted octanol–water partition coefficient (Wildman–Crippen LogP) is 2.21. The summed E-state index contributed by atoms with van der Waals surface area (Å²) in [5.41, 5.74) is -0.394. The summed E-state index contributed by atoms with van der Waals surface area (Å²) >= 11 is 0. The van der Waals surface area contributed by atoms with Gasteiger partial charge in [0.05, 0.1) is 30.9 Å². The molecule has 1 aliphatic carbocycles. The van der Waals surface area contributed by atoms with Crippen LogP contribution in [-0.2, 0) is 14.3 Å². The van der Waals surface area contributed by atoms with E-state index in [1.165, 1.54) is 23.1 Å². The Morgan fingerprint density at radius 2 is 2.10 bits per heavy atom. The zero-order valence-corrected chi connectivity index (χ0v) is 16.7. The van der Waals surface area contributed by atoms with Crippen molar-refractivity contribution in [3.8, 4) is 5.75 Å². The number of carbonyl (C=O) groups excluding carboxylic acids is 1. The van der Waals surface area contributed by atoms with Crippen molar-refractivity contribution in [2.24, 2.45) is 0 Å². The molecule has 1 aromatic rings. The molecule has 0 aromatic heterocycles. The first-order valence-electron chi connectivity index (χ1n) is 10.4. The minimum Gasteiger partial charge on any atom is -0.508 e. The summed E-state index contributed by atoms with van der Waals surface area (Å²) in [6.45, 7) is 0.716. The number of likely N-dealkylation sites (tertiary alicyclic amines) is 1. The van der Waals surface area contributed by atoms with E-state index in [2.05, 4.69) is 5.32 Å². The molecule has 2 unspecified atom stereocenters. The van der Waals surface area contributed by atoms with Crippen LogP contribution in [0.4, 0.5) is 9.18 Å². The molecule has 30 heavy (non-hydrogen) atoms. The average molecular weight is 422 g/mol. The summed E-state index contributed by atoms with van der Waals surface area (Å²) in [5.74, 6) is -0.719. The van der Waals surface area contributed by atoms with E-state index in [1.807, 2.05) is 0 Å². The molecule has 1 aromatic carbocycles. The van der Waals surface area contributed by atoms with E-state index in [0.29, 0.717) is 44.2 Å². The number of carboxylic acid groups (broad SMARTS) is 1. The van der Waals surface area contributed by atoms with Crippen molar-refractivity contribution in [2.75, 3.05) is 26.4 Å². The topological polar surface area (TPSA) is 108 Å². The lowest BCUT2D eigenvalue weighted by molar-refractivity contribution is -0.137. The first-order chi connectivity index (χ1) is 14.4. The van der Waals surface area contributed by atoms with E-state index >= 15 is 0 Å². The molecule has 2 atom stereocenters. The van der Waals surface area contributed by atoms with Crippen LogP contribution in [0.2, 0.25) is 0 Å². The number of aromatic hydroxyl groups is 1.